The second kappa shape index (κ2) is 7.40. The average molecular weight is 387 g/mol. The number of imide groups is 1. The molecule has 1 heterocycles. The van der Waals surface area contributed by atoms with E-state index in [0.29, 0.717) is 22.6 Å². The van der Waals surface area contributed by atoms with Gasteiger partial charge in [0.25, 0.3) is 5.91 Å². The average Bonchev–Trinajstić information content (AvgIpc) is 2.93. The van der Waals surface area contributed by atoms with Gasteiger partial charge in [-0.2, -0.15) is 0 Å². The minimum atomic E-state index is -1.10. The molecule has 1 fully saturated rings. The fraction of sp³-hybridized carbons (Fsp3) is 0.250. The Labute approximate surface area is 162 Å². The van der Waals surface area contributed by atoms with Gasteiger partial charge in [0.05, 0.1) is 19.2 Å². The van der Waals surface area contributed by atoms with Crippen molar-refractivity contribution < 1.29 is 19.1 Å². The topological polar surface area (TPSA) is 75.7 Å². The number of hydrogen-bond donors (Lipinski definition) is 1. The van der Waals surface area contributed by atoms with Gasteiger partial charge in [-0.05, 0) is 41.8 Å². The van der Waals surface area contributed by atoms with Crippen LogP contribution in [0.15, 0.2) is 48.5 Å². The summed E-state index contributed by atoms with van der Waals surface area (Å²) in [5, 5.41) is 3.39. The normalized spacial score (nSPS) is 19.1. The molecule has 7 heteroatoms. The van der Waals surface area contributed by atoms with Crippen molar-refractivity contribution in [1.29, 1.82) is 0 Å². The van der Waals surface area contributed by atoms with Gasteiger partial charge in [0.2, 0.25) is 0 Å². The molecular weight excluding hydrogens is 368 g/mol. The lowest BCUT2D eigenvalue weighted by Crippen LogP contribution is -2.43. The van der Waals surface area contributed by atoms with Gasteiger partial charge in [-0.15, -0.1) is 0 Å². The summed E-state index contributed by atoms with van der Waals surface area (Å²) in [6.45, 7) is 1.96. The molecule has 0 bridgehead atoms. The Kier molecular flexibility index (Phi) is 5.19. The number of amides is 3. The number of carbonyl (C=O) groups excluding carboxylic acids is 3. The van der Waals surface area contributed by atoms with E-state index < -0.39 is 17.5 Å². The largest absolute Gasteiger partial charge is 0.465 e. The van der Waals surface area contributed by atoms with E-state index in [2.05, 4.69) is 10.1 Å². The van der Waals surface area contributed by atoms with Crippen LogP contribution in [0, 0.1) is 0 Å². The van der Waals surface area contributed by atoms with Gasteiger partial charge in [0, 0.05) is 5.02 Å². The third kappa shape index (κ3) is 3.40. The Bertz CT molecular complexity index is 880. The predicted molar refractivity (Wildman–Crippen MR) is 100 cm³/mol. The lowest BCUT2D eigenvalue weighted by atomic mass is 9.87. The summed E-state index contributed by atoms with van der Waals surface area (Å²) in [6.07, 6.45) is 0.414. The van der Waals surface area contributed by atoms with Crippen molar-refractivity contribution in [2.45, 2.75) is 25.4 Å². The molecule has 3 amide bonds. The van der Waals surface area contributed by atoms with Gasteiger partial charge >= 0.3 is 12.0 Å². The van der Waals surface area contributed by atoms with Crippen LogP contribution in [0.1, 0.15) is 34.8 Å². The lowest BCUT2D eigenvalue weighted by Gasteiger charge is -2.26. The standard InChI is InChI=1S/C20H19ClN2O4/c1-3-20(15-8-10-16(21)11-9-15)18(25)23(19(26)22-20)12-13-4-6-14(7-5-13)17(24)27-2/h4-11H,3,12H2,1-2H3,(H,22,26)/t20-/m0/s1. The van der Waals surface area contributed by atoms with Crippen molar-refractivity contribution >= 4 is 29.5 Å². The first-order chi connectivity index (χ1) is 12.9. The van der Waals surface area contributed by atoms with Gasteiger partial charge in [-0.3, -0.25) is 9.69 Å². The van der Waals surface area contributed by atoms with E-state index in [1.807, 2.05) is 6.92 Å². The van der Waals surface area contributed by atoms with Crippen molar-refractivity contribution in [3.63, 3.8) is 0 Å². The van der Waals surface area contributed by atoms with Gasteiger partial charge in [0.15, 0.2) is 0 Å². The summed E-state index contributed by atoms with van der Waals surface area (Å²) < 4.78 is 4.67. The van der Waals surface area contributed by atoms with E-state index in [9.17, 15) is 14.4 Å². The molecule has 27 heavy (non-hydrogen) atoms. The summed E-state index contributed by atoms with van der Waals surface area (Å²) in [5.74, 6) is -0.751. The van der Waals surface area contributed by atoms with Crippen molar-refractivity contribution in [3.05, 3.63) is 70.2 Å². The van der Waals surface area contributed by atoms with Crippen molar-refractivity contribution in [2.24, 2.45) is 0 Å². The summed E-state index contributed by atoms with van der Waals surface area (Å²) in [5.41, 5.74) is 0.723. The molecule has 0 spiro atoms. The van der Waals surface area contributed by atoms with Gasteiger partial charge in [0.1, 0.15) is 5.54 Å². The number of rotatable bonds is 5. The lowest BCUT2D eigenvalue weighted by molar-refractivity contribution is -0.132. The molecule has 1 saturated heterocycles. The molecule has 0 aliphatic carbocycles. The Hall–Kier alpha value is -2.86. The molecule has 3 rings (SSSR count). The van der Waals surface area contributed by atoms with E-state index >= 15 is 0 Å². The number of benzene rings is 2. The van der Waals surface area contributed by atoms with E-state index in [-0.39, 0.29) is 12.5 Å². The van der Waals surface area contributed by atoms with Crippen LogP contribution in [0.2, 0.25) is 5.02 Å². The quantitative estimate of drug-likeness (QED) is 0.630. The molecule has 1 aliphatic heterocycles. The number of urea groups is 1. The SMILES string of the molecule is CC[C@@]1(c2ccc(Cl)cc2)NC(=O)N(Cc2ccc(C(=O)OC)cc2)C1=O. The van der Waals surface area contributed by atoms with Crippen LogP contribution >= 0.6 is 11.6 Å². The molecule has 0 radical (unpaired) electrons. The molecule has 1 atom stereocenters. The first-order valence-electron chi connectivity index (χ1n) is 8.48. The minimum Gasteiger partial charge on any atom is -0.465 e. The van der Waals surface area contributed by atoms with E-state index in [0.717, 1.165) is 5.56 Å². The van der Waals surface area contributed by atoms with Crippen LogP contribution in [0.4, 0.5) is 4.79 Å². The molecule has 1 N–H and O–H groups in total. The zero-order valence-electron chi connectivity index (χ0n) is 15.0. The maximum Gasteiger partial charge on any atom is 0.337 e. The second-order valence-electron chi connectivity index (χ2n) is 6.28. The first kappa shape index (κ1) is 18.9. The zero-order valence-corrected chi connectivity index (χ0v) is 15.7. The molecule has 140 valence electrons. The number of methoxy groups -OCH3 is 1. The number of esters is 1. The number of halogens is 1. The first-order valence-corrected chi connectivity index (χ1v) is 8.86. The maximum atomic E-state index is 13.1. The molecule has 2 aromatic rings. The Morgan fingerprint density at radius 1 is 1.11 bits per heavy atom. The molecule has 2 aromatic carbocycles. The molecular formula is C20H19ClN2O4. The van der Waals surface area contributed by atoms with Crippen molar-refractivity contribution in [1.82, 2.24) is 10.2 Å². The summed E-state index contributed by atoms with van der Waals surface area (Å²) >= 11 is 5.94. The fourth-order valence-corrected chi connectivity index (χ4v) is 3.32. The van der Waals surface area contributed by atoms with Crippen molar-refractivity contribution in [3.8, 4) is 0 Å². The van der Waals surface area contributed by atoms with Gasteiger partial charge < -0.3 is 10.1 Å². The van der Waals surface area contributed by atoms with Crippen molar-refractivity contribution in [2.75, 3.05) is 7.11 Å². The Morgan fingerprint density at radius 2 is 1.74 bits per heavy atom. The summed E-state index contributed by atoms with van der Waals surface area (Å²) in [7, 11) is 1.31. The Balaban J connectivity index is 1.85. The van der Waals surface area contributed by atoms with Crippen LogP contribution in [0.25, 0.3) is 0 Å². The highest BCUT2D eigenvalue weighted by molar-refractivity contribution is 6.30. The Morgan fingerprint density at radius 3 is 2.30 bits per heavy atom. The monoisotopic (exact) mass is 386 g/mol. The number of hydrogen-bond acceptors (Lipinski definition) is 4. The van der Waals surface area contributed by atoms with Crippen LogP contribution in [-0.4, -0.2) is 29.9 Å². The molecule has 6 nitrogen and oxygen atoms in total. The minimum absolute atomic E-state index is 0.113. The van der Waals surface area contributed by atoms with Gasteiger partial charge in [-0.25, -0.2) is 9.59 Å². The van der Waals surface area contributed by atoms with E-state index in [4.69, 9.17) is 11.6 Å². The predicted octanol–water partition coefficient (Wildman–Crippen LogP) is 3.48. The van der Waals surface area contributed by atoms with Gasteiger partial charge in [-0.1, -0.05) is 42.8 Å². The highest BCUT2D eigenvalue weighted by atomic mass is 35.5. The molecule has 0 aromatic heterocycles. The van der Waals surface area contributed by atoms with Crippen LogP contribution in [0.5, 0.6) is 0 Å². The molecule has 1 aliphatic rings. The fourth-order valence-electron chi connectivity index (χ4n) is 3.19. The van der Waals surface area contributed by atoms with Crippen LogP contribution in [0.3, 0.4) is 0 Å². The number of nitrogens with one attached hydrogen (secondary N) is 1. The van der Waals surface area contributed by atoms with Crippen LogP contribution in [-0.2, 0) is 21.6 Å². The third-order valence-corrected chi connectivity index (χ3v) is 5.01. The van der Waals surface area contributed by atoms with Crippen LogP contribution < -0.4 is 5.32 Å². The highest BCUT2D eigenvalue weighted by Crippen LogP contribution is 2.33. The second-order valence-corrected chi connectivity index (χ2v) is 6.71. The smallest absolute Gasteiger partial charge is 0.337 e. The number of nitrogens with zero attached hydrogens (tertiary/aromatic N) is 1. The number of carbonyl (C=O) groups is 3. The molecule has 0 unspecified atom stereocenters. The summed E-state index contributed by atoms with van der Waals surface area (Å²) in [6, 6.07) is 13.0. The molecule has 0 saturated carbocycles. The van der Waals surface area contributed by atoms with E-state index in [1.165, 1.54) is 12.0 Å². The zero-order chi connectivity index (χ0) is 19.6. The highest BCUT2D eigenvalue weighted by Gasteiger charge is 2.51. The van der Waals surface area contributed by atoms with E-state index in [1.54, 1.807) is 48.5 Å². The summed E-state index contributed by atoms with van der Waals surface area (Å²) in [4.78, 5) is 38.3. The maximum absolute atomic E-state index is 13.1. The third-order valence-electron chi connectivity index (χ3n) is 4.76. The number of ether oxygens (including phenoxy) is 1.